The molecule has 0 aliphatic carbocycles. The van der Waals surface area contributed by atoms with Gasteiger partial charge < -0.3 is 11.1 Å². The first kappa shape index (κ1) is 15.7. The number of amides is 1. The average molecular weight is 284 g/mol. The van der Waals surface area contributed by atoms with Crippen LogP contribution in [0.1, 0.15) is 17.5 Å². The Hall–Kier alpha value is -1.40. The number of benzene rings is 1. The Bertz CT molecular complexity index is 541. The standard InChI is InChI=1S/C13H20N2O3S/c1-10-4-3-5-11(8-10)9-15-13(16)12(14)6-7-19(2,17)18/h3-5,8,12H,6-7,9,14H2,1-2H3,(H,15,16). The van der Waals surface area contributed by atoms with Crippen LogP contribution in [0, 0.1) is 6.92 Å². The summed E-state index contributed by atoms with van der Waals surface area (Å²) >= 11 is 0. The van der Waals surface area contributed by atoms with Gasteiger partial charge >= 0.3 is 0 Å². The Kier molecular flexibility index (Phi) is 5.50. The van der Waals surface area contributed by atoms with Crippen molar-refractivity contribution >= 4 is 15.7 Å². The highest BCUT2D eigenvalue weighted by Gasteiger charge is 2.15. The first-order valence-corrected chi connectivity index (χ1v) is 8.10. The second-order valence-corrected chi connectivity index (χ2v) is 6.99. The van der Waals surface area contributed by atoms with Gasteiger partial charge in [-0.05, 0) is 18.9 Å². The summed E-state index contributed by atoms with van der Waals surface area (Å²) < 4.78 is 22.0. The van der Waals surface area contributed by atoms with Crippen LogP contribution in [0.5, 0.6) is 0 Å². The van der Waals surface area contributed by atoms with Gasteiger partial charge in [0.2, 0.25) is 5.91 Å². The number of nitrogens with two attached hydrogens (primary N) is 1. The molecule has 1 unspecified atom stereocenters. The third kappa shape index (κ3) is 6.35. The van der Waals surface area contributed by atoms with E-state index in [1.807, 2.05) is 31.2 Å². The molecule has 1 amide bonds. The van der Waals surface area contributed by atoms with Gasteiger partial charge in [-0.15, -0.1) is 0 Å². The van der Waals surface area contributed by atoms with Crippen LogP contribution in [0.25, 0.3) is 0 Å². The van der Waals surface area contributed by atoms with Crippen LogP contribution in [-0.2, 0) is 21.2 Å². The zero-order valence-electron chi connectivity index (χ0n) is 11.2. The molecule has 0 fully saturated rings. The van der Waals surface area contributed by atoms with E-state index in [9.17, 15) is 13.2 Å². The van der Waals surface area contributed by atoms with Gasteiger partial charge in [-0.2, -0.15) is 0 Å². The maximum atomic E-state index is 11.7. The minimum absolute atomic E-state index is 0.0773. The Morgan fingerprint density at radius 2 is 2.11 bits per heavy atom. The van der Waals surface area contributed by atoms with Crippen LogP contribution in [0.4, 0.5) is 0 Å². The summed E-state index contributed by atoms with van der Waals surface area (Å²) in [5, 5.41) is 2.70. The van der Waals surface area contributed by atoms with Crippen molar-refractivity contribution in [3.05, 3.63) is 35.4 Å². The number of hydrogen-bond acceptors (Lipinski definition) is 4. The van der Waals surface area contributed by atoms with Crippen LogP contribution in [-0.4, -0.2) is 32.4 Å². The lowest BCUT2D eigenvalue weighted by molar-refractivity contribution is -0.122. The zero-order valence-corrected chi connectivity index (χ0v) is 12.0. The lowest BCUT2D eigenvalue weighted by Crippen LogP contribution is -2.41. The first-order chi connectivity index (χ1) is 8.78. The fourth-order valence-electron chi connectivity index (χ4n) is 1.61. The monoisotopic (exact) mass is 284 g/mol. The highest BCUT2D eigenvalue weighted by atomic mass is 32.2. The molecule has 0 aromatic heterocycles. The third-order valence-corrected chi connectivity index (χ3v) is 3.66. The van der Waals surface area contributed by atoms with Crippen molar-refractivity contribution in [3.8, 4) is 0 Å². The number of hydrogen-bond donors (Lipinski definition) is 2. The van der Waals surface area contributed by atoms with Gasteiger partial charge in [0.1, 0.15) is 9.84 Å². The van der Waals surface area contributed by atoms with Crippen molar-refractivity contribution in [2.24, 2.45) is 5.73 Å². The predicted molar refractivity (Wildman–Crippen MR) is 75.3 cm³/mol. The van der Waals surface area contributed by atoms with Gasteiger partial charge in [-0.25, -0.2) is 8.42 Å². The van der Waals surface area contributed by atoms with E-state index in [4.69, 9.17) is 5.73 Å². The second kappa shape index (κ2) is 6.68. The van der Waals surface area contributed by atoms with Gasteiger partial charge in [0.25, 0.3) is 0 Å². The summed E-state index contributed by atoms with van der Waals surface area (Å²) in [5.74, 6) is -0.406. The van der Waals surface area contributed by atoms with E-state index in [2.05, 4.69) is 5.32 Å². The quantitative estimate of drug-likeness (QED) is 0.790. The van der Waals surface area contributed by atoms with Gasteiger partial charge in [0.15, 0.2) is 0 Å². The summed E-state index contributed by atoms with van der Waals surface area (Å²) in [6.07, 6.45) is 1.27. The molecule has 106 valence electrons. The minimum atomic E-state index is -3.09. The molecule has 0 radical (unpaired) electrons. The van der Waals surface area contributed by atoms with Crippen molar-refractivity contribution in [1.82, 2.24) is 5.32 Å². The zero-order chi connectivity index (χ0) is 14.5. The number of sulfone groups is 1. The number of aryl methyl sites for hydroxylation is 1. The first-order valence-electron chi connectivity index (χ1n) is 6.04. The minimum Gasteiger partial charge on any atom is -0.351 e. The molecular formula is C13H20N2O3S. The molecule has 0 aliphatic heterocycles. The molecule has 1 atom stereocenters. The SMILES string of the molecule is Cc1cccc(CNC(=O)C(N)CCS(C)(=O)=O)c1. The summed E-state index contributed by atoms with van der Waals surface area (Å²) in [4.78, 5) is 11.7. The molecule has 0 bridgehead atoms. The molecular weight excluding hydrogens is 264 g/mol. The largest absolute Gasteiger partial charge is 0.351 e. The van der Waals surface area contributed by atoms with E-state index in [1.165, 1.54) is 0 Å². The third-order valence-electron chi connectivity index (χ3n) is 2.69. The van der Waals surface area contributed by atoms with E-state index in [1.54, 1.807) is 0 Å². The Morgan fingerprint density at radius 1 is 1.42 bits per heavy atom. The summed E-state index contributed by atoms with van der Waals surface area (Å²) in [5.41, 5.74) is 7.75. The van der Waals surface area contributed by atoms with Gasteiger partial charge in [-0.3, -0.25) is 4.79 Å². The molecule has 0 spiro atoms. The fourth-order valence-corrected chi connectivity index (χ4v) is 2.30. The van der Waals surface area contributed by atoms with Crippen LogP contribution in [0.3, 0.4) is 0 Å². The summed E-state index contributed by atoms with van der Waals surface area (Å²) in [6, 6.07) is 6.99. The molecule has 0 aliphatic rings. The molecule has 1 rings (SSSR count). The second-order valence-electron chi connectivity index (χ2n) is 4.73. The molecule has 0 saturated heterocycles. The molecule has 19 heavy (non-hydrogen) atoms. The topological polar surface area (TPSA) is 89.3 Å². The normalized spacial score (nSPS) is 13.0. The van der Waals surface area contributed by atoms with Gasteiger partial charge in [0, 0.05) is 12.8 Å². The lowest BCUT2D eigenvalue weighted by atomic mass is 10.1. The van der Waals surface area contributed by atoms with E-state index < -0.39 is 15.9 Å². The Labute approximate surface area is 114 Å². The molecule has 1 aromatic rings. The van der Waals surface area contributed by atoms with Crippen molar-refractivity contribution in [2.45, 2.75) is 25.9 Å². The smallest absolute Gasteiger partial charge is 0.237 e. The summed E-state index contributed by atoms with van der Waals surface area (Å²) in [6.45, 7) is 2.37. The molecule has 1 aromatic carbocycles. The van der Waals surface area contributed by atoms with Crippen molar-refractivity contribution in [3.63, 3.8) is 0 Å². The highest BCUT2D eigenvalue weighted by molar-refractivity contribution is 7.90. The molecule has 0 saturated carbocycles. The van der Waals surface area contributed by atoms with Crippen LogP contribution >= 0.6 is 0 Å². The van der Waals surface area contributed by atoms with Gasteiger partial charge in [0.05, 0.1) is 11.8 Å². The van der Waals surface area contributed by atoms with E-state index in [-0.39, 0.29) is 18.1 Å². The Morgan fingerprint density at radius 3 is 2.68 bits per heavy atom. The highest BCUT2D eigenvalue weighted by Crippen LogP contribution is 2.03. The number of rotatable bonds is 6. The number of nitrogens with one attached hydrogen (secondary N) is 1. The molecule has 3 N–H and O–H groups in total. The number of carbonyl (C=O) groups is 1. The fraction of sp³-hybridized carbons (Fsp3) is 0.462. The Balaban J connectivity index is 2.42. The molecule has 6 heteroatoms. The van der Waals surface area contributed by atoms with Crippen LogP contribution in [0.15, 0.2) is 24.3 Å². The molecule has 5 nitrogen and oxygen atoms in total. The average Bonchev–Trinajstić information content (AvgIpc) is 2.32. The van der Waals surface area contributed by atoms with Gasteiger partial charge in [-0.1, -0.05) is 29.8 Å². The van der Waals surface area contributed by atoms with Crippen LogP contribution in [0.2, 0.25) is 0 Å². The van der Waals surface area contributed by atoms with E-state index >= 15 is 0 Å². The van der Waals surface area contributed by atoms with Crippen molar-refractivity contribution in [2.75, 3.05) is 12.0 Å². The summed E-state index contributed by atoms with van der Waals surface area (Å²) in [7, 11) is -3.09. The lowest BCUT2D eigenvalue weighted by Gasteiger charge is -2.12. The molecule has 0 heterocycles. The maximum absolute atomic E-state index is 11.7. The van der Waals surface area contributed by atoms with Crippen LogP contribution < -0.4 is 11.1 Å². The van der Waals surface area contributed by atoms with Crippen molar-refractivity contribution in [1.29, 1.82) is 0 Å². The van der Waals surface area contributed by atoms with E-state index in [0.29, 0.717) is 6.54 Å². The van der Waals surface area contributed by atoms with Crippen molar-refractivity contribution < 1.29 is 13.2 Å². The van der Waals surface area contributed by atoms with E-state index in [0.717, 1.165) is 17.4 Å². The predicted octanol–water partition coefficient (Wildman–Crippen LogP) is 0.373. The number of carbonyl (C=O) groups excluding carboxylic acids is 1. The maximum Gasteiger partial charge on any atom is 0.237 e.